The van der Waals surface area contributed by atoms with E-state index < -0.39 is 0 Å². The molecule has 0 saturated heterocycles. The maximum absolute atomic E-state index is 8.54. The van der Waals surface area contributed by atoms with Gasteiger partial charge in [-0.3, -0.25) is 5.21 Å². The second-order valence-corrected chi connectivity index (χ2v) is 3.03. The van der Waals surface area contributed by atoms with Crippen molar-refractivity contribution < 1.29 is 10.4 Å². The Morgan fingerprint density at radius 1 is 1.38 bits per heavy atom. The zero-order chi connectivity index (χ0) is 9.84. The molecule has 0 radical (unpaired) electrons. The van der Waals surface area contributed by atoms with Gasteiger partial charge >= 0.3 is 0 Å². The van der Waals surface area contributed by atoms with Crippen molar-refractivity contribution in [1.82, 2.24) is 5.48 Å². The van der Waals surface area contributed by atoms with E-state index >= 15 is 0 Å². The Morgan fingerprint density at radius 3 is 2.54 bits per heavy atom. The van der Waals surface area contributed by atoms with Crippen LogP contribution in [0.3, 0.4) is 0 Å². The molecule has 0 bridgehead atoms. The number of nitrogens with one attached hydrogen (secondary N) is 1. The zero-order valence-electron chi connectivity index (χ0n) is 6.33. The second kappa shape index (κ2) is 4.32. The molecule has 0 aromatic heterocycles. The molecule has 0 heterocycles. The van der Waals surface area contributed by atoms with E-state index in [0.717, 1.165) is 0 Å². The summed E-state index contributed by atoms with van der Waals surface area (Å²) in [7, 11) is 0. The highest BCUT2D eigenvalue weighted by Gasteiger charge is 2.07. The molecule has 3 N–H and O–H groups in total. The monoisotopic (exact) mass is 220 g/mol. The molecule has 0 amide bonds. The summed E-state index contributed by atoms with van der Waals surface area (Å²) in [4.78, 5) is 0. The van der Waals surface area contributed by atoms with Gasteiger partial charge in [0.2, 0.25) is 0 Å². The average molecular weight is 221 g/mol. The van der Waals surface area contributed by atoms with Crippen molar-refractivity contribution in [3.63, 3.8) is 0 Å². The number of benzene rings is 1. The molecule has 1 aromatic rings. The molecular weight excluding hydrogens is 215 g/mol. The van der Waals surface area contributed by atoms with Gasteiger partial charge in [0.1, 0.15) is 0 Å². The Hall–Kier alpha value is -0.970. The molecule has 0 aliphatic carbocycles. The van der Waals surface area contributed by atoms with Crippen molar-refractivity contribution in [3.05, 3.63) is 33.8 Å². The van der Waals surface area contributed by atoms with Gasteiger partial charge in [-0.2, -0.15) is 0 Å². The molecule has 13 heavy (non-hydrogen) atoms. The molecule has 4 nitrogen and oxygen atoms in total. The summed E-state index contributed by atoms with van der Waals surface area (Å²) < 4.78 is 0. The first kappa shape index (κ1) is 10.1. The van der Waals surface area contributed by atoms with Crippen LogP contribution < -0.4 is 5.48 Å². The fraction of sp³-hybridized carbons (Fsp3) is 0. The quantitative estimate of drug-likeness (QED) is 0.294. The lowest BCUT2D eigenvalue weighted by atomic mass is 10.2. The van der Waals surface area contributed by atoms with E-state index in [1.54, 1.807) is 11.5 Å². The smallest absolute Gasteiger partial charge is 0.197 e. The Kier molecular flexibility index (Phi) is 3.36. The predicted octanol–water partition coefficient (Wildman–Crippen LogP) is 2.11. The molecule has 6 heteroatoms. The van der Waals surface area contributed by atoms with Crippen molar-refractivity contribution in [2.45, 2.75) is 0 Å². The van der Waals surface area contributed by atoms with Crippen LogP contribution in [0.1, 0.15) is 5.56 Å². The number of amidine groups is 1. The van der Waals surface area contributed by atoms with Gasteiger partial charge in [0.25, 0.3) is 0 Å². The third kappa shape index (κ3) is 2.24. The third-order valence-electron chi connectivity index (χ3n) is 1.39. The van der Waals surface area contributed by atoms with Crippen LogP contribution in [0, 0.1) is 0 Å². The summed E-state index contributed by atoms with van der Waals surface area (Å²) in [5, 5.41) is 20.5. The molecular formula is C7H6Cl2N2O2. The molecule has 0 atom stereocenters. The number of hydrogen-bond acceptors (Lipinski definition) is 3. The van der Waals surface area contributed by atoms with Crippen molar-refractivity contribution >= 4 is 29.0 Å². The molecule has 0 fully saturated rings. The summed E-state index contributed by atoms with van der Waals surface area (Å²) in [5.74, 6) is -0.137. The van der Waals surface area contributed by atoms with Gasteiger partial charge in [0.15, 0.2) is 5.84 Å². The highest BCUT2D eigenvalue weighted by molar-refractivity contribution is 6.36. The van der Waals surface area contributed by atoms with Crippen LogP contribution in [0.5, 0.6) is 0 Å². The van der Waals surface area contributed by atoms with Crippen LogP contribution in [0.15, 0.2) is 23.4 Å². The minimum absolute atomic E-state index is 0.137. The van der Waals surface area contributed by atoms with Crippen LogP contribution in [-0.2, 0) is 0 Å². The summed E-state index contributed by atoms with van der Waals surface area (Å²) in [6.45, 7) is 0. The number of hydroxylamine groups is 1. The van der Waals surface area contributed by atoms with Crippen molar-refractivity contribution in [3.8, 4) is 0 Å². The lowest BCUT2D eigenvalue weighted by Crippen LogP contribution is -2.20. The van der Waals surface area contributed by atoms with Gasteiger partial charge < -0.3 is 5.21 Å². The predicted molar refractivity (Wildman–Crippen MR) is 49.7 cm³/mol. The fourth-order valence-corrected chi connectivity index (χ4v) is 1.32. The number of hydrogen-bond donors (Lipinski definition) is 3. The lowest BCUT2D eigenvalue weighted by molar-refractivity contribution is 0.223. The van der Waals surface area contributed by atoms with Gasteiger partial charge in [0.05, 0.1) is 5.02 Å². The van der Waals surface area contributed by atoms with E-state index in [9.17, 15) is 0 Å². The van der Waals surface area contributed by atoms with Gasteiger partial charge in [0, 0.05) is 10.6 Å². The molecule has 0 aliphatic rings. The topological polar surface area (TPSA) is 64.9 Å². The summed E-state index contributed by atoms with van der Waals surface area (Å²) in [6, 6.07) is 4.55. The molecule has 0 aliphatic heterocycles. The molecule has 0 spiro atoms. The Morgan fingerprint density at radius 2 is 2.08 bits per heavy atom. The van der Waals surface area contributed by atoms with Crippen LogP contribution in [0.2, 0.25) is 10.0 Å². The summed E-state index contributed by atoms with van der Waals surface area (Å²) >= 11 is 11.4. The number of oxime groups is 1. The van der Waals surface area contributed by atoms with Crippen LogP contribution in [-0.4, -0.2) is 16.3 Å². The molecule has 1 rings (SSSR count). The molecule has 1 aromatic carbocycles. The van der Waals surface area contributed by atoms with Crippen LogP contribution >= 0.6 is 23.2 Å². The van der Waals surface area contributed by atoms with E-state index in [2.05, 4.69) is 5.16 Å². The highest BCUT2D eigenvalue weighted by Crippen LogP contribution is 2.20. The molecule has 0 unspecified atom stereocenters. The Bertz CT molecular complexity index is 341. The first-order chi connectivity index (χ1) is 6.19. The normalized spacial score (nSPS) is 11.5. The highest BCUT2D eigenvalue weighted by atomic mass is 35.5. The van der Waals surface area contributed by atoms with Gasteiger partial charge in [-0.15, -0.1) is 0 Å². The Labute approximate surface area is 84.3 Å². The first-order valence-electron chi connectivity index (χ1n) is 3.26. The van der Waals surface area contributed by atoms with E-state index in [-0.39, 0.29) is 10.9 Å². The van der Waals surface area contributed by atoms with Crippen LogP contribution in [0.25, 0.3) is 0 Å². The van der Waals surface area contributed by atoms with E-state index in [1.807, 2.05) is 0 Å². The number of nitrogens with zero attached hydrogens (tertiary/aromatic N) is 1. The fourth-order valence-electron chi connectivity index (χ4n) is 0.818. The summed E-state index contributed by atoms with van der Waals surface area (Å²) in [6.07, 6.45) is 0. The van der Waals surface area contributed by atoms with E-state index in [1.165, 1.54) is 12.1 Å². The average Bonchev–Trinajstić information content (AvgIpc) is 2.10. The molecule has 70 valence electrons. The number of rotatable bonds is 1. The first-order valence-corrected chi connectivity index (χ1v) is 4.02. The van der Waals surface area contributed by atoms with Crippen molar-refractivity contribution in [2.75, 3.05) is 0 Å². The standard InChI is InChI=1S/C7H6Cl2N2O2/c8-4-1-2-5(6(9)3-4)7(10-12)11-13/h1-3,12-13H,(H,10,11). The molecule has 0 saturated carbocycles. The number of halogens is 2. The lowest BCUT2D eigenvalue weighted by Gasteiger charge is -2.04. The van der Waals surface area contributed by atoms with Crippen molar-refractivity contribution in [1.29, 1.82) is 0 Å². The van der Waals surface area contributed by atoms with E-state index in [0.29, 0.717) is 10.6 Å². The maximum atomic E-state index is 8.54. The SMILES string of the molecule is ON=C(NO)c1ccc(Cl)cc1Cl. The van der Waals surface area contributed by atoms with Crippen molar-refractivity contribution in [2.24, 2.45) is 5.16 Å². The largest absolute Gasteiger partial charge is 0.409 e. The van der Waals surface area contributed by atoms with Gasteiger partial charge in [-0.05, 0) is 18.2 Å². The minimum atomic E-state index is -0.137. The third-order valence-corrected chi connectivity index (χ3v) is 1.94. The van der Waals surface area contributed by atoms with Gasteiger partial charge in [-0.1, -0.05) is 28.4 Å². The van der Waals surface area contributed by atoms with Gasteiger partial charge in [-0.25, -0.2) is 5.48 Å². The zero-order valence-corrected chi connectivity index (χ0v) is 7.84. The summed E-state index contributed by atoms with van der Waals surface area (Å²) in [5.41, 5.74) is 2.06. The minimum Gasteiger partial charge on any atom is -0.409 e. The second-order valence-electron chi connectivity index (χ2n) is 2.18. The maximum Gasteiger partial charge on any atom is 0.197 e. The van der Waals surface area contributed by atoms with Crippen LogP contribution in [0.4, 0.5) is 0 Å². The Balaban J connectivity index is 3.15. The van der Waals surface area contributed by atoms with E-state index in [4.69, 9.17) is 33.6 Å².